The van der Waals surface area contributed by atoms with Crippen LogP contribution in [-0.2, 0) is 4.79 Å². The minimum Gasteiger partial charge on any atom is -0.353 e. The Morgan fingerprint density at radius 3 is 2.17 bits per heavy atom. The fourth-order valence-electron chi connectivity index (χ4n) is 7.18. The molecule has 5 fully saturated rings. The van der Waals surface area contributed by atoms with Crippen LogP contribution < -0.4 is 5.32 Å². The van der Waals surface area contributed by atoms with Gasteiger partial charge in [-0.3, -0.25) is 9.59 Å². The number of carbonyl (C=O) groups is 2. The molecule has 6 rings (SSSR count). The molecule has 4 bridgehead atoms. The molecule has 2 amide bonds. The maximum Gasteiger partial charge on any atom is 0.254 e. The molecule has 29 heavy (non-hydrogen) atoms. The highest BCUT2D eigenvalue weighted by molar-refractivity contribution is 7.80. The zero-order valence-corrected chi connectivity index (χ0v) is 18.0. The first-order valence-corrected chi connectivity index (χ1v) is 11.8. The smallest absolute Gasteiger partial charge is 0.254 e. The van der Waals surface area contributed by atoms with Gasteiger partial charge in [0.1, 0.15) is 0 Å². The minimum absolute atomic E-state index is 0.0499. The number of nitrogens with one attached hydrogen (secondary N) is 1. The molecule has 1 aromatic rings. The SMILES string of the molecule is O=C(CC12CC3CC(CC(C3)C1)C2)NC1CCN(C(=O)c2ccccc2S)CC1. The fraction of sp³-hybridized carbons (Fsp3) is 0.667. The Hall–Kier alpha value is -1.49. The number of carbonyl (C=O) groups excluding carboxylic acids is 2. The van der Waals surface area contributed by atoms with Gasteiger partial charge in [-0.15, -0.1) is 12.6 Å². The normalized spacial score (nSPS) is 33.7. The van der Waals surface area contributed by atoms with E-state index in [1.54, 1.807) is 0 Å². The standard InChI is InChI=1S/C24H32N2O2S/c27-22(15-24-12-16-9-17(13-24)11-18(10-16)14-24)25-19-5-7-26(8-6-19)23(28)20-3-1-2-4-21(20)29/h1-4,16-19,29H,5-15H2,(H,25,27). The van der Waals surface area contributed by atoms with E-state index in [9.17, 15) is 9.59 Å². The van der Waals surface area contributed by atoms with Gasteiger partial charge in [0.15, 0.2) is 0 Å². The van der Waals surface area contributed by atoms with Crippen LogP contribution in [0, 0.1) is 23.2 Å². The van der Waals surface area contributed by atoms with Gasteiger partial charge in [0.05, 0.1) is 5.56 Å². The zero-order chi connectivity index (χ0) is 20.0. The molecule has 0 atom stereocenters. The van der Waals surface area contributed by atoms with Crippen molar-refractivity contribution in [1.82, 2.24) is 10.2 Å². The molecule has 0 aromatic heterocycles. The van der Waals surface area contributed by atoms with Crippen LogP contribution in [-0.4, -0.2) is 35.8 Å². The van der Waals surface area contributed by atoms with Gasteiger partial charge in [0.2, 0.25) is 5.91 Å². The number of nitrogens with zero attached hydrogens (tertiary/aromatic N) is 1. The minimum atomic E-state index is 0.0499. The number of amides is 2. The molecule has 1 heterocycles. The molecule has 4 nitrogen and oxygen atoms in total. The highest BCUT2D eigenvalue weighted by atomic mass is 32.1. The van der Waals surface area contributed by atoms with Crippen LogP contribution in [0.15, 0.2) is 29.2 Å². The van der Waals surface area contributed by atoms with Crippen molar-refractivity contribution in [1.29, 1.82) is 0 Å². The van der Waals surface area contributed by atoms with Crippen molar-refractivity contribution in [2.45, 2.75) is 68.7 Å². The highest BCUT2D eigenvalue weighted by Crippen LogP contribution is 2.61. The Morgan fingerprint density at radius 1 is 1.00 bits per heavy atom. The Labute approximate surface area is 179 Å². The second-order valence-corrected chi connectivity index (χ2v) is 10.7. The third-order valence-electron chi connectivity index (χ3n) is 7.98. The largest absolute Gasteiger partial charge is 0.353 e. The number of hydrogen-bond acceptors (Lipinski definition) is 3. The van der Waals surface area contributed by atoms with Crippen molar-refractivity contribution in [2.24, 2.45) is 23.2 Å². The summed E-state index contributed by atoms with van der Waals surface area (Å²) in [5.74, 6) is 2.96. The number of likely N-dealkylation sites (tertiary alicyclic amines) is 1. The van der Waals surface area contributed by atoms with Crippen LogP contribution >= 0.6 is 12.6 Å². The first-order valence-electron chi connectivity index (χ1n) is 11.4. The van der Waals surface area contributed by atoms with Crippen LogP contribution in [0.25, 0.3) is 0 Å². The lowest BCUT2D eigenvalue weighted by Crippen LogP contribution is -2.50. The molecule has 4 saturated carbocycles. The van der Waals surface area contributed by atoms with Gasteiger partial charge in [0.25, 0.3) is 5.91 Å². The van der Waals surface area contributed by atoms with E-state index >= 15 is 0 Å². The van der Waals surface area contributed by atoms with Gasteiger partial charge in [-0.1, -0.05) is 12.1 Å². The number of hydrogen-bond donors (Lipinski definition) is 2. The summed E-state index contributed by atoms with van der Waals surface area (Å²) < 4.78 is 0. The van der Waals surface area contributed by atoms with E-state index in [-0.39, 0.29) is 17.9 Å². The zero-order valence-electron chi connectivity index (χ0n) is 17.1. The van der Waals surface area contributed by atoms with Crippen LogP contribution in [0.3, 0.4) is 0 Å². The lowest BCUT2D eigenvalue weighted by atomic mass is 9.49. The lowest BCUT2D eigenvalue weighted by molar-refractivity contribution is -0.130. The van der Waals surface area contributed by atoms with Crippen molar-refractivity contribution in [3.05, 3.63) is 29.8 Å². The Balaban J connectivity index is 1.13. The molecular formula is C24H32N2O2S. The van der Waals surface area contributed by atoms with Crippen LogP contribution in [0.2, 0.25) is 0 Å². The average molecular weight is 413 g/mol. The van der Waals surface area contributed by atoms with Crippen molar-refractivity contribution in [2.75, 3.05) is 13.1 Å². The molecule has 0 unspecified atom stereocenters. The van der Waals surface area contributed by atoms with E-state index in [0.717, 1.165) is 41.9 Å². The molecule has 5 heteroatoms. The van der Waals surface area contributed by atoms with E-state index < -0.39 is 0 Å². The fourth-order valence-corrected chi connectivity index (χ4v) is 7.43. The Morgan fingerprint density at radius 2 is 1.59 bits per heavy atom. The summed E-state index contributed by atoms with van der Waals surface area (Å²) in [4.78, 5) is 28.3. The summed E-state index contributed by atoms with van der Waals surface area (Å²) in [5, 5.41) is 3.31. The number of piperidine rings is 1. The molecule has 1 aromatic carbocycles. The molecule has 156 valence electrons. The van der Waals surface area contributed by atoms with E-state index in [2.05, 4.69) is 17.9 Å². The summed E-state index contributed by atoms with van der Waals surface area (Å²) in [6.07, 6.45) is 10.5. The first-order chi connectivity index (χ1) is 14.0. The number of thiol groups is 1. The second-order valence-electron chi connectivity index (χ2n) is 10.2. The molecule has 5 aliphatic rings. The monoisotopic (exact) mass is 412 g/mol. The Bertz CT molecular complexity index is 765. The number of rotatable bonds is 4. The highest BCUT2D eigenvalue weighted by Gasteiger charge is 2.51. The molecule has 1 N–H and O–H groups in total. The molecule has 4 aliphatic carbocycles. The van der Waals surface area contributed by atoms with Gasteiger partial charge in [-0.05, 0) is 86.7 Å². The van der Waals surface area contributed by atoms with Gasteiger partial charge >= 0.3 is 0 Å². The summed E-state index contributed by atoms with van der Waals surface area (Å²) in [6, 6.07) is 7.67. The molecule has 1 saturated heterocycles. The maximum atomic E-state index is 12.9. The van der Waals surface area contributed by atoms with Crippen molar-refractivity contribution in [3.63, 3.8) is 0 Å². The molecule has 0 radical (unpaired) electrons. The molecule has 0 spiro atoms. The third kappa shape index (κ3) is 3.95. The molecular weight excluding hydrogens is 380 g/mol. The van der Waals surface area contributed by atoms with E-state index in [0.29, 0.717) is 24.1 Å². The van der Waals surface area contributed by atoms with Crippen molar-refractivity contribution < 1.29 is 9.59 Å². The van der Waals surface area contributed by atoms with Gasteiger partial charge in [-0.2, -0.15) is 0 Å². The summed E-state index contributed by atoms with van der Waals surface area (Å²) >= 11 is 4.42. The van der Waals surface area contributed by atoms with Crippen LogP contribution in [0.4, 0.5) is 0 Å². The van der Waals surface area contributed by atoms with E-state index in [4.69, 9.17) is 0 Å². The van der Waals surface area contributed by atoms with E-state index in [1.807, 2.05) is 29.2 Å². The van der Waals surface area contributed by atoms with E-state index in [1.165, 1.54) is 38.5 Å². The Kier molecular flexibility index (Phi) is 5.13. The second kappa shape index (κ2) is 7.64. The van der Waals surface area contributed by atoms with Gasteiger partial charge in [0, 0.05) is 30.4 Å². The predicted molar refractivity (Wildman–Crippen MR) is 116 cm³/mol. The van der Waals surface area contributed by atoms with Crippen molar-refractivity contribution in [3.8, 4) is 0 Å². The molecule has 1 aliphatic heterocycles. The number of benzene rings is 1. The van der Waals surface area contributed by atoms with Crippen LogP contribution in [0.5, 0.6) is 0 Å². The average Bonchev–Trinajstić information content (AvgIpc) is 2.67. The van der Waals surface area contributed by atoms with Crippen LogP contribution in [0.1, 0.15) is 68.1 Å². The third-order valence-corrected chi connectivity index (χ3v) is 8.37. The van der Waals surface area contributed by atoms with Gasteiger partial charge < -0.3 is 10.2 Å². The van der Waals surface area contributed by atoms with Gasteiger partial charge in [-0.25, -0.2) is 0 Å². The summed E-state index contributed by atoms with van der Waals surface area (Å²) in [6.45, 7) is 1.40. The first kappa shape index (κ1) is 19.5. The maximum absolute atomic E-state index is 12.9. The predicted octanol–water partition coefficient (Wildman–Crippen LogP) is 4.30. The van der Waals surface area contributed by atoms with Crippen molar-refractivity contribution >= 4 is 24.4 Å². The summed E-state index contributed by atoms with van der Waals surface area (Å²) in [5.41, 5.74) is 0.964. The topological polar surface area (TPSA) is 49.4 Å². The quantitative estimate of drug-likeness (QED) is 0.725. The lowest BCUT2D eigenvalue weighted by Gasteiger charge is -2.56. The summed E-state index contributed by atoms with van der Waals surface area (Å²) in [7, 11) is 0.